The van der Waals surface area contributed by atoms with Crippen molar-refractivity contribution in [3.05, 3.63) is 0 Å². The third-order valence-corrected chi connectivity index (χ3v) is 4.66. The van der Waals surface area contributed by atoms with Crippen LogP contribution < -0.4 is 0 Å². The van der Waals surface area contributed by atoms with Crippen LogP contribution in [0.25, 0.3) is 0 Å². The van der Waals surface area contributed by atoms with Crippen molar-refractivity contribution in [1.29, 1.82) is 0 Å². The molecule has 0 aromatic heterocycles. The van der Waals surface area contributed by atoms with E-state index in [1.807, 2.05) is 38.0 Å². The van der Waals surface area contributed by atoms with Gasteiger partial charge in [0.25, 0.3) is 0 Å². The van der Waals surface area contributed by atoms with E-state index in [-0.39, 0.29) is 0 Å². The number of nitrogens with zero attached hydrogens (tertiary/aromatic N) is 2. The standard InChI is InChI=1S/C14H33N2O4P/c1-7-14(8-2)13-20-21(17,18-11-9-15(3)4)19-12-10-16(5)6/h14H,7-13H2,1-6H3. The van der Waals surface area contributed by atoms with Crippen LogP contribution in [0, 0.1) is 5.92 Å². The van der Waals surface area contributed by atoms with Gasteiger partial charge in [-0.05, 0) is 34.1 Å². The van der Waals surface area contributed by atoms with E-state index in [0.717, 1.165) is 12.8 Å². The zero-order chi connectivity index (χ0) is 16.3. The summed E-state index contributed by atoms with van der Waals surface area (Å²) in [5, 5.41) is 0. The maximum Gasteiger partial charge on any atom is 0.474 e. The summed E-state index contributed by atoms with van der Waals surface area (Å²) in [6, 6.07) is 0. The van der Waals surface area contributed by atoms with Gasteiger partial charge in [-0.1, -0.05) is 26.7 Å². The van der Waals surface area contributed by atoms with Crippen LogP contribution in [-0.2, 0) is 18.1 Å². The van der Waals surface area contributed by atoms with Gasteiger partial charge in [0.2, 0.25) is 0 Å². The van der Waals surface area contributed by atoms with Crippen LogP contribution in [0.4, 0.5) is 0 Å². The quantitative estimate of drug-likeness (QED) is 0.486. The minimum atomic E-state index is -3.47. The fourth-order valence-electron chi connectivity index (χ4n) is 1.50. The highest BCUT2D eigenvalue weighted by Crippen LogP contribution is 2.49. The maximum absolute atomic E-state index is 12.6. The van der Waals surface area contributed by atoms with E-state index in [9.17, 15) is 4.57 Å². The molecule has 0 radical (unpaired) electrons. The van der Waals surface area contributed by atoms with Crippen LogP contribution in [0.5, 0.6) is 0 Å². The lowest BCUT2D eigenvalue weighted by molar-refractivity contribution is 0.0895. The molecule has 0 aliphatic heterocycles. The van der Waals surface area contributed by atoms with Gasteiger partial charge in [0.1, 0.15) is 0 Å². The molecule has 0 fully saturated rings. The molecule has 0 aromatic carbocycles. The first-order chi connectivity index (χ1) is 9.83. The van der Waals surface area contributed by atoms with E-state index in [1.165, 1.54) is 0 Å². The molecule has 0 bridgehead atoms. The van der Waals surface area contributed by atoms with E-state index in [0.29, 0.717) is 38.8 Å². The normalized spacial score (nSPS) is 12.8. The second-order valence-corrected chi connectivity index (χ2v) is 7.37. The van der Waals surface area contributed by atoms with Crippen molar-refractivity contribution in [1.82, 2.24) is 9.80 Å². The van der Waals surface area contributed by atoms with Gasteiger partial charge >= 0.3 is 7.82 Å². The highest BCUT2D eigenvalue weighted by molar-refractivity contribution is 7.48. The summed E-state index contributed by atoms with van der Waals surface area (Å²) in [5.41, 5.74) is 0. The Balaban J connectivity index is 4.39. The van der Waals surface area contributed by atoms with Gasteiger partial charge in [-0.25, -0.2) is 4.57 Å². The fraction of sp³-hybridized carbons (Fsp3) is 1.00. The summed E-state index contributed by atoms with van der Waals surface area (Å²) < 4.78 is 28.9. The fourth-order valence-corrected chi connectivity index (χ4v) is 2.73. The first-order valence-corrected chi connectivity index (χ1v) is 9.12. The van der Waals surface area contributed by atoms with Gasteiger partial charge in [0.15, 0.2) is 0 Å². The van der Waals surface area contributed by atoms with Crippen LogP contribution >= 0.6 is 7.82 Å². The van der Waals surface area contributed by atoms with E-state index >= 15 is 0 Å². The zero-order valence-corrected chi connectivity index (χ0v) is 15.4. The third kappa shape index (κ3) is 11.3. The molecule has 0 saturated carbocycles. The monoisotopic (exact) mass is 324 g/mol. The SMILES string of the molecule is CCC(CC)COP(=O)(OCCN(C)C)OCCN(C)C. The Labute approximate surface area is 130 Å². The van der Waals surface area contributed by atoms with Gasteiger partial charge in [-0.2, -0.15) is 0 Å². The molecule has 0 heterocycles. The summed E-state index contributed by atoms with van der Waals surface area (Å²) in [6.45, 7) is 6.62. The predicted molar refractivity (Wildman–Crippen MR) is 86.6 cm³/mol. The molecular formula is C14H33N2O4P. The van der Waals surface area contributed by atoms with Crippen LogP contribution in [0.3, 0.4) is 0 Å². The van der Waals surface area contributed by atoms with Gasteiger partial charge in [0, 0.05) is 13.1 Å². The summed E-state index contributed by atoms with van der Waals surface area (Å²) in [7, 11) is 4.28. The average Bonchev–Trinajstić information content (AvgIpc) is 2.39. The zero-order valence-electron chi connectivity index (χ0n) is 14.5. The molecule has 21 heavy (non-hydrogen) atoms. The van der Waals surface area contributed by atoms with Gasteiger partial charge in [-0.3, -0.25) is 13.6 Å². The Hall–Kier alpha value is 0.0300. The molecule has 0 N–H and O–H groups in total. The Bertz CT molecular complexity index is 279. The van der Waals surface area contributed by atoms with E-state index < -0.39 is 7.82 Å². The van der Waals surface area contributed by atoms with Crippen LogP contribution in [0.15, 0.2) is 0 Å². The lowest BCUT2D eigenvalue weighted by Crippen LogP contribution is -2.21. The number of rotatable bonds is 13. The van der Waals surface area contributed by atoms with Crippen molar-refractivity contribution in [3.63, 3.8) is 0 Å². The summed E-state index contributed by atoms with van der Waals surface area (Å²) in [6.07, 6.45) is 1.98. The molecule has 6 nitrogen and oxygen atoms in total. The molecule has 0 unspecified atom stereocenters. The average molecular weight is 324 g/mol. The third-order valence-electron chi connectivity index (χ3n) is 3.20. The van der Waals surface area contributed by atoms with E-state index in [1.54, 1.807) is 0 Å². The van der Waals surface area contributed by atoms with Crippen molar-refractivity contribution >= 4 is 7.82 Å². The number of likely N-dealkylation sites (N-methyl/N-ethyl adjacent to an activating group) is 2. The predicted octanol–water partition coefficient (Wildman–Crippen LogP) is 2.70. The number of hydrogen-bond donors (Lipinski definition) is 0. The highest BCUT2D eigenvalue weighted by atomic mass is 31.2. The Kier molecular flexibility index (Phi) is 11.6. The smallest absolute Gasteiger partial charge is 0.307 e. The topological polar surface area (TPSA) is 51.2 Å². The van der Waals surface area contributed by atoms with Crippen molar-refractivity contribution < 1.29 is 18.1 Å². The molecule has 0 spiro atoms. The Morgan fingerprint density at radius 1 is 0.857 bits per heavy atom. The largest absolute Gasteiger partial charge is 0.474 e. The van der Waals surface area contributed by atoms with Crippen LogP contribution in [0.2, 0.25) is 0 Å². The minimum absolute atomic E-state index is 0.329. The van der Waals surface area contributed by atoms with Gasteiger partial charge in [-0.15, -0.1) is 0 Å². The molecule has 0 saturated heterocycles. The maximum atomic E-state index is 12.6. The highest BCUT2D eigenvalue weighted by Gasteiger charge is 2.27. The Morgan fingerprint density at radius 3 is 1.62 bits per heavy atom. The number of phosphoric ester groups is 1. The summed E-state index contributed by atoms with van der Waals surface area (Å²) >= 11 is 0. The second kappa shape index (κ2) is 11.6. The molecule has 0 rings (SSSR count). The summed E-state index contributed by atoms with van der Waals surface area (Å²) in [4.78, 5) is 3.93. The van der Waals surface area contributed by atoms with E-state index in [4.69, 9.17) is 13.6 Å². The molecular weight excluding hydrogens is 291 g/mol. The minimum Gasteiger partial charge on any atom is -0.307 e. The second-order valence-electron chi connectivity index (χ2n) is 5.70. The number of hydrogen-bond acceptors (Lipinski definition) is 6. The number of phosphoric acid groups is 1. The van der Waals surface area contributed by atoms with Crippen molar-refractivity contribution in [2.75, 3.05) is 61.1 Å². The molecule has 0 amide bonds. The first-order valence-electron chi connectivity index (χ1n) is 7.66. The Morgan fingerprint density at radius 2 is 1.29 bits per heavy atom. The van der Waals surface area contributed by atoms with Crippen LogP contribution in [-0.4, -0.2) is 70.9 Å². The van der Waals surface area contributed by atoms with Crippen LogP contribution in [0.1, 0.15) is 26.7 Å². The van der Waals surface area contributed by atoms with Gasteiger partial charge in [0.05, 0.1) is 19.8 Å². The van der Waals surface area contributed by atoms with Crippen molar-refractivity contribution in [3.8, 4) is 0 Å². The molecule has 0 atom stereocenters. The summed E-state index contributed by atoms with van der Waals surface area (Å²) in [5.74, 6) is 0.383. The molecule has 7 heteroatoms. The molecule has 0 aliphatic rings. The first kappa shape index (κ1) is 21.0. The molecule has 128 valence electrons. The lowest BCUT2D eigenvalue weighted by Gasteiger charge is -2.22. The van der Waals surface area contributed by atoms with Gasteiger partial charge < -0.3 is 9.80 Å². The molecule has 0 aliphatic carbocycles. The lowest BCUT2D eigenvalue weighted by atomic mass is 10.1. The van der Waals surface area contributed by atoms with E-state index in [2.05, 4.69) is 13.8 Å². The van der Waals surface area contributed by atoms with Crippen molar-refractivity contribution in [2.24, 2.45) is 5.92 Å². The molecule has 0 aromatic rings. The van der Waals surface area contributed by atoms with Crippen molar-refractivity contribution in [2.45, 2.75) is 26.7 Å².